The number of hydrazine groups is 1. The van der Waals surface area contributed by atoms with E-state index in [4.69, 9.17) is 16.3 Å². The molecule has 2 rings (SSSR count). The number of benzene rings is 1. The van der Waals surface area contributed by atoms with E-state index in [-0.39, 0.29) is 12.5 Å². The van der Waals surface area contributed by atoms with Crippen molar-refractivity contribution in [1.29, 1.82) is 0 Å². The minimum atomic E-state index is -0.736. The van der Waals surface area contributed by atoms with Gasteiger partial charge in [-0.05, 0) is 39.8 Å². The highest BCUT2D eigenvalue weighted by Gasteiger charge is 2.27. The van der Waals surface area contributed by atoms with Gasteiger partial charge >= 0.3 is 0 Å². The number of amides is 1. The number of para-hydroxylation sites is 1. The van der Waals surface area contributed by atoms with Crippen LogP contribution in [-0.2, 0) is 9.53 Å². The molecule has 7 nitrogen and oxygen atoms in total. The van der Waals surface area contributed by atoms with Crippen molar-refractivity contribution in [1.82, 2.24) is 9.99 Å². The number of fused-ring (bicyclic) bond motifs is 1. The van der Waals surface area contributed by atoms with Gasteiger partial charge in [0.05, 0.1) is 29.6 Å². The lowest BCUT2D eigenvalue weighted by atomic mass is 10.1. The number of allylic oxidation sites excluding steroid dienone is 1. The molecule has 5 N–H and O–H groups in total. The Labute approximate surface area is 154 Å². The number of aromatic nitrogens is 1. The Kier molecular flexibility index (Phi) is 6.18. The van der Waals surface area contributed by atoms with Crippen molar-refractivity contribution in [2.24, 2.45) is 11.6 Å². The number of hydrogen-bond donors (Lipinski definition) is 3. The molecule has 0 radical (unpaired) electrons. The first-order valence-electron chi connectivity index (χ1n) is 8.43. The van der Waals surface area contributed by atoms with Gasteiger partial charge in [-0.1, -0.05) is 18.2 Å². The smallest absolute Gasteiger partial charge is 0.251 e. The second kappa shape index (κ2) is 8.16. The summed E-state index contributed by atoms with van der Waals surface area (Å²) in [6.07, 6.45) is 2.98. The average Bonchev–Trinajstić information content (AvgIpc) is 2.59. The van der Waals surface area contributed by atoms with E-state index in [0.29, 0.717) is 11.4 Å². The quantitative estimate of drug-likeness (QED) is 0.541. The summed E-state index contributed by atoms with van der Waals surface area (Å²) in [5.74, 6) is 5.78. The fourth-order valence-electron chi connectivity index (χ4n) is 2.31. The number of carbonyl (C=O) groups excluding carboxylic acids is 1. The summed E-state index contributed by atoms with van der Waals surface area (Å²) in [4.78, 5) is 17.2. The third-order valence-corrected chi connectivity index (χ3v) is 3.82. The molecule has 1 amide bonds. The van der Waals surface area contributed by atoms with Crippen molar-refractivity contribution in [2.75, 3.05) is 11.9 Å². The summed E-state index contributed by atoms with van der Waals surface area (Å²) in [7, 11) is 0. The highest BCUT2D eigenvalue weighted by atomic mass is 16.5. The van der Waals surface area contributed by atoms with E-state index < -0.39 is 11.6 Å². The first kappa shape index (κ1) is 19.7. The Hall–Kier alpha value is -2.64. The molecule has 0 fully saturated rings. The topological polar surface area (TPSA) is 107 Å². The molecule has 0 aliphatic carbocycles. The van der Waals surface area contributed by atoms with Crippen LogP contribution in [0.4, 0.5) is 5.69 Å². The number of carbonyl (C=O) groups is 1. The molecule has 0 bridgehead atoms. The maximum Gasteiger partial charge on any atom is 0.251 e. The van der Waals surface area contributed by atoms with E-state index in [1.807, 2.05) is 51.1 Å². The van der Waals surface area contributed by atoms with Crippen LogP contribution in [-0.4, -0.2) is 34.1 Å². The van der Waals surface area contributed by atoms with Crippen LogP contribution in [0.2, 0.25) is 0 Å². The molecule has 1 heterocycles. The lowest BCUT2D eigenvalue weighted by molar-refractivity contribution is -0.125. The molecule has 1 unspecified atom stereocenters. The number of ether oxygens (including phenoxy) is 1. The van der Waals surface area contributed by atoms with Crippen LogP contribution in [0.5, 0.6) is 0 Å². The van der Waals surface area contributed by atoms with Crippen LogP contribution in [0.1, 0.15) is 27.7 Å². The minimum absolute atomic E-state index is 0.123. The van der Waals surface area contributed by atoms with Crippen molar-refractivity contribution in [3.05, 3.63) is 48.4 Å². The van der Waals surface area contributed by atoms with Crippen LogP contribution in [0.25, 0.3) is 10.9 Å². The molecule has 0 saturated heterocycles. The van der Waals surface area contributed by atoms with Gasteiger partial charge < -0.3 is 15.8 Å². The number of nitrogens with one attached hydrogen (secondary N) is 1. The molecule has 7 heteroatoms. The van der Waals surface area contributed by atoms with Gasteiger partial charge in [-0.15, -0.1) is 0 Å². The number of hydrogen-bond acceptors (Lipinski definition) is 6. The SMILES string of the molecule is C/C(=C/N)N(N)C(COC(C)(C)C)C(=O)Nc1cnc2ccccc2c1. The zero-order chi connectivity index (χ0) is 19.3. The van der Waals surface area contributed by atoms with Crippen LogP contribution in [0.15, 0.2) is 48.4 Å². The molecule has 2 aromatic rings. The summed E-state index contributed by atoms with van der Waals surface area (Å²) in [5.41, 5.74) is 7.17. The molecular formula is C19H27N5O2. The number of pyridine rings is 1. The van der Waals surface area contributed by atoms with Crippen molar-refractivity contribution in [3.63, 3.8) is 0 Å². The van der Waals surface area contributed by atoms with Gasteiger partial charge in [0, 0.05) is 17.3 Å². The largest absolute Gasteiger partial charge is 0.403 e. The average molecular weight is 357 g/mol. The fraction of sp³-hybridized carbons (Fsp3) is 0.368. The van der Waals surface area contributed by atoms with Crippen LogP contribution >= 0.6 is 0 Å². The first-order chi connectivity index (χ1) is 12.2. The molecule has 140 valence electrons. The second-order valence-electron chi connectivity index (χ2n) is 7.06. The highest BCUT2D eigenvalue weighted by Crippen LogP contribution is 2.17. The molecule has 26 heavy (non-hydrogen) atoms. The number of anilines is 1. The van der Waals surface area contributed by atoms with Crippen molar-refractivity contribution in [3.8, 4) is 0 Å². The Morgan fingerprint density at radius 2 is 2.08 bits per heavy atom. The van der Waals surface area contributed by atoms with Gasteiger partial charge in [0.25, 0.3) is 5.91 Å². The van der Waals surface area contributed by atoms with Crippen LogP contribution in [0, 0.1) is 0 Å². The van der Waals surface area contributed by atoms with Gasteiger partial charge in [0.15, 0.2) is 0 Å². The Morgan fingerprint density at radius 3 is 2.73 bits per heavy atom. The zero-order valence-corrected chi connectivity index (χ0v) is 15.7. The molecule has 1 aromatic heterocycles. The summed E-state index contributed by atoms with van der Waals surface area (Å²) in [6, 6.07) is 8.83. The molecule has 0 aliphatic rings. The predicted octanol–water partition coefficient (Wildman–Crippen LogP) is 2.35. The van der Waals surface area contributed by atoms with Gasteiger partial charge in [0.1, 0.15) is 6.04 Å². The van der Waals surface area contributed by atoms with Crippen molar-refractivity contribution >= 4 is 22.5 Å². The van der Waals surface area contributed by atoms with Crippen molar-refractivity contribution in [2.45, 2.75) is 39.3 Å². The van der Waals surface area contributed by atoms with Gasteiger partial charge in [0.2, 0.25) is 0 Å². The van der Waals surface area contributed by atoms with Gasteiger partial charge in [-0.25, -0.2) is 5.84 Å². The second-order valence-corrected chi connectivity index (χ2v) is 7.06. The maximum absolute atomic E-state index is 12.8. The van der Waals surface area contributed by atoms with E-state index in [1.165, 1.54) is 11.2 Å². The summed E-state index contributed by atoms with van der Waals surface area (Å²) >= 11 is 0. The lowest BCUT2D eigenvalue weighted by Crippen LogP contribution is -2.51. The molecule has 1 atom stereocenters. The van der Waals surface area contributed by atoms with E-state index in [0.717, 1.165) is 10.9 Å². The molecular weight excluding hydrogens is 330 g/mol. The Balaban J connectivity index is 2.20. The third kappa shape index (κ3) is 5.18. The summed E-state index contributed by atoms with van der Waals surface area (Å²) in [6.45, 7) is 7.61. The standard InChI is InChI=1S/C19H27N5O2/c1-13(10-20)24(21)17(12-26-19(2,3)4)18(25)23-15-9-14-7-5-6-8-16(14)22-11-15/h5-11,17H,12,20-21H2,1-4H3,(H,23,25)/b13-10-. The predicted molar refractivity (Wildman–Crippen MR) is 104 cm³/mol. The van der Waals surface area contributed by atoms with E-state index in [2.05, 4.69) is 10.3 Å². The zero-order valence-electron chi connectivity index (χ0n) is 15.7. The van der Waals surface area contributed by atoms with E-state index >= 15 is 0 Å². The van der Waals surface area contributed by atoms with Gasteiger partial charge in [-0.2, -0.15) is 0 Å². The lowest BCUT2D eigenvalue weighted by Gasteiger charge is -2.31. The summed E-state index contributed by atoms with van der Waals surface area (Å²) in [5, 5.41) is 5.11. The fourth-order valence-corrected chi connectivity index (χ4v) is 2.31. The number of nitrogens with zero attached hydrogens (tertiary/aromatic N) is 2. The normalized spacial score (nSPS) is 13.5. The maximum atomic E-state index is 12.8. The molecule has 0 spiro atoms. The molecule has 0 saturated carbocycles. The number of rotatable bonds is 6. The summed E-state index contributed by atoms with van der Waals surface area (Å²) < 4.78 is 5.77. The molecule has 1 aromatic carbocycles. The third-order valence-electron chi connectivity index (χ3n) is 3.82. The van der Waals surface area contributed by atoms with Gasteiger partial charge in [-0.3, -0.25) is 14.8 Å². The van der Waals surface area contributed by atoms with E-state index in [1.54, 1.807) is 13.1 Å². The Bertz CT molecular complexity index is 798. The van der Waals surface area contributed by atoms with Crippen molar-refractivity contribution < 1.29 is 9.53 Å². The monoisotopic (exact) mass is 357 g/mol. The number of nitrogens with two attached hydrogens (primary N) is 2. The van der Waals surface area contributed by atoms with Crippen LogP contribution in [0.3, 0.4) is 0 Å². The Morgan fingerprint density at radius 1 is 1.38 bits per heavy atom. The minimum Gasteiger partial charge on any atom is -0.403 e. The highest BCUT2D eigenvalue weighted by molar-refractivity contribution is 5.96. The van der Waals surface area contributed by atoms with E-state index in [9.17, 15) is 4.79 Å². The van der Waals surface area contributed by atoms with Crippen LogP contribution < -0.4 is 16.9 Å². The molecule has 0 aliphatic heterocycles. The first-order valence-corrected chi connectivity index (χ1v) is 8.43.